The monoisotopic (exact) mass is 278 g/mol. The summed E-state index contributed by atoms with van der Waals surface area (Å²) in [5, 5.41) is 0. The van der Waals surface area contributed by atoms with Crippen LogP contribution in [0.4, 0.5) is 0 Å². The van der Waals surface area contributed by atoms with Crippen molar-refractivity contribution >= 4 is 0 Å². The fourth-order valence-electron chi connectivity index (χ4n) is 0.974. The minimum absolute atomic E-state index is 1.04. The van der Waals surface area contributed by atoms with Crippen LogP contribution in [0, 0.1) is 0 Å². The third-order valence-corrected chi connectivity index (χ3v) is 1.57. The van der Waals surface area contributed by atoms with Crippen LogP contribution >= 0.6 is 0 Å². The topological polar surface area (TPSA) is 0 Å². The van der Waals surface area contributed by atoms with E-state index >= 15 is 0 Å². The first-order valence-electron chi connectivity index (χ1n) is 7.41. The molecule has 0 rings (SSSR count). The van der Waals surface area contributed by atoms with Gasteiger partial charge in [0.1, 0.15) is 0 Å². The number of allylic oxidation sites excluding steroid dienone is 7. The zero-order chi connectivity index (χ0) is 17.6. The van der Waals surface area contributed by atoms with Gasteiger partial charge in [-0.2, -0.15) is 0 Å². The molecule has 0 nitrogen and oxygen atoms in total. The highest BCUT2D eigenvalue weighted by Gasteiger charge is 1.94. The molecule has 0 N–H and O–H groups in total. The Morgan fingerprint density at radius 1 is 0.800 bits per heavy atom. The fourth-order valence-corrected chi connectivity index (χ4v) is 0.974. The van der Waals surface area contributed by atoms with Crippen LogP contribution in [0.1, 0.15) is 55.4 Å². The lowest BCUT2D eigenvalue weighted by Crippen LogP contribution is -1.82. The second-order valence-corrected chi connectivity index (χ2v) is 2.68. The van der Waals surface area contributed by atoms with Crippen LogP contribution < -0.4 is 0 Å². The van der Waals surface area contributed by atoms with E-state index < -0.39 is 0 Å². The molecule has 0 saturated carbocycles. The van der Waals surface area contributed by atoms with E-state index in [0.717, 1.165) is 16.7 Å². The van der Waals surface area contributed by atoms with Gasteiger partial charge in [0.2, 0.25) is 0 Å². The predicted molar refractivity (Wildman–Crippen MR) is 102 cm³/mol. The lowest BCUT2D eigenvalue weighted by atomic mass is 10.0. The van der Waals surface area contributed by atoms with Crippen molar-refractivity contribution in [3.05, 3.63) is 73.9 Å². The van der Waals surface area contributed by atoms with Gasteiger partial charge in [-0.3, -0.25) is 0 Å². The summed E-state index contributed by atoms with van der Waals surface area (Å²) in [6, 6.07) is 0. The molecular formula is C20H38. The van der Waals surface area contributed by atoms with Crippen LogP contribution in [-0.2, 0) is 0 Å². The Morgan fingerprint density at radius 2 is 1.15 bits per heavy atom. The Hall–Kier alpha value is -1.56. The summed E-state index contributed by atoms with van der Waals surface area (Å²) in [6.07, 6.45) is 7.48. The molecule has 0 unspecified atom stereocenters. The zero-order valence-corrected chi connectivity index (χ0v) is 15.3. The molecule has 0 saturated heterocycles. The van der Waals surface area contributed by atoms with Crippen LogP contribution in [-0.4, -0.2) is 0 Å². The molecular weight excluding hydrogens is 240 g/mol. The Balaban J connectivity index is -0.0000000799. The van der Waals surface area contributed by atoms with E-state index in [2.05, 4.69) is 32.9 Å². The first kappa shape index (κ1) is 31.0. The number of hydrogen-bond donors (Lipinski definition) is 0. The Labute approximate surface area is 130 Å². The van der Waals surface area contributed by atoms with Crippen molar-refractivity contribution in [2.45, 2.75) is 55.4 Å². The van der Waals surface area contributed by atoms with Crippen molar-refractivity contribution in [1.82, 2.24) is 0 Å². The Kier molecular flexibility index (Phi) is 55.9. The van der Waals surface area contributed by atoms with Gasteiger partial charge < -0.3 is 0 Å². The minimum Gasteiger partial charge on any atom is -0.106 e. The summed E-state index contributed by atoms with van der Waals surface area (Å²) in [7, 11) is 0. The van der Waals surface area contributed by atoms with E-state index in [1.807, 2.05) is 73.6 Å². The van der Waals surface area contributed by atoms with E-state index in [-0.39, 0.29) is 0 Å². The second-order valence-electron chi connectivity index (χ2n) is 2.68. The molecule has 118 valence electrons. The summed E-state index contributed by atoms with van der Waals surface area (Å²) in [5.41, 5.74) is 3.31. The second kappa shape index (κ2) is 36.0. The molecule has 0 spiro atoms. The van der Waals surface area contributed by atoms with Crippen LogP contribution in [0.15, 0.2) is 73.9 Å². The molecule has 0 aliphatic heterocycles. The average molecular weight is 279 g/mol. The maximum absolute atomic E-state index is 3.87. The van der Waals surface area contributed by atoms with E-state index in [4.69, 9.17) is 0 Å². The summed E-state index contributed by atoms with van der Waals surface area (Å²) >= 11 is 0. The minimum atomic E-state index is 1.04. The van der Waals surface area contributed by atoms with Crippen LogP contribution in [0.25, 0.3) is 0 Å². The van der Waals surface area contributed by atoms with Crippen LogP contribution in [0.5, 0.6) is 0 Å². The number of hydrogen-bond acceptors (Lipinski definition) is 0. The summed E-state index contributed by atoms with van der Waals surface area (Å²) in [5.74, 6) is 0. The van der Waals surface area contributed by atoms with E-state index in [0.29, 0.717) is 0 Å². The van der Waals surface area contributed by atoms with Crippen molar-refractivity contribution in [2.75, 3.05) is 0 Å². The highest BCUT2D eigenvalue weighted by molar-refractivity contribution is 5.43. The largest absolute Gasteiger partial charge is 0.106 e. The third kappa shape index (κ3) is 25.3. The lowest BCUT2D eigenvalue weighted by molar-refractivity contribution is 1.36. The molecule has 0 radical (unpaired) electrons. The molecule has 0 fully saturated rings. The van der Waals surface area contributed by atoms with Gasteiger partial charge in [0.05, 0.1) is 0 Å². The molecule has 0 aromatic carbocycles. The quantitative estimate of drug-likeness (QED) is 0.365. The molecule has 0 aliphatic rings. The molecule has 0 atom stereocenters. The van der Waals surface area contributed by atoms with E-state index in [1.165, 1.54) is 0 Å². The highest BCUT2D eigenvalue weighted by Crippen LogP contribution is 2.14. The van der Waals surface area contributed by atoms with Gasteiger partial charge >= 0.3 is 0 Å². The third-order valence-electron chi connectivity index (χ3n) is 1.57. The lowest BCUT2D eigenvalue weighted by Gasteiger charge is -2.02. The molecule has 0 heteroatoms. The summed E-state index contributed by atoms with van der Waals surface area (Å²) < 4.78 is 0. The highest BCUT2D eigenvalue weighted by atomic mass is 14.0. The fraction of sp³-hybridized carbons (Fsp3) is 0.400. The smallest absolute Gasteiger partial charge is 0.0210 e. The van der Waals surface area contributed by atoms with Crippen molar-refractivity contribution in [1.29, 1.82) is 0 Å². The standard InChI is InChI=1S/C12H16.3C2H6.C2H4/c1-6-8-9-11(5)12(7-2)10(3)4;4*1-2/h6-9H,1-3H2,4-5H3;3*1-2H3;1-2H2/b9-8-,12-11-;;;;. The number of rotatable bonds is 4. The zero-order valence-electron chi connectivity index (χ0n) is 15.3. The molecule has 20 heavy (non-hydrogen) atoms. The molecule has 0 aromatic heterocycles. The normalized spacial score (nSPS) is 8.60. The van der Waals surface area contributed by atoms with Crippen LogP contribution in [0.3, 0.4) is 0 Å². The first-order valence-corrected chi connectivity index (χ1v) is 7.41. The first-order chi connectivity index (χ1) is 9.63. The van der Waals surface area contributed by atoms with Crippen LogP contribution in [0.2, 0.25) is 0 Å². The van der Waals surface area contributed by atoms with Gasteiger partial charge in [-0.25, -0.2) is 0 Å². The van der Waals surface area contributed by atoms with Crippen molar-refractivity contribution in [3.63, 3.8) is 0 Å². The van der Waals surface area contributed by atoms with E-state index in [1.54, 1.807) is 6.08 Å². The molecule has 0 heterocycles. The van der Waals surface area contributed by atoms with Gasteiger partial charge in [0.25, 0.3) is 0 Å². The summed E-state index contributed by atoms with van der Waals surface area (Å²) in [6.45, 7) is 33.2. The maximum Gasteiger partial charge on any atom is -0.0210 e. The predicted octanol–water partition coefficient (Wildman–Crippen LogP) is 7.69. The summed E-state index contributed by atoms with van der Waals surface area (Å²) in [4.78, 5) is 0. The molecule has 0 aromatic rings. The Morgan fingerprint density at radius 3 is 1.35 bits per heavy atom. The van der Waals surface area contributed by atoms with Crippen molar-refractivity contribution < 1.29 is 0 Å². The van der Waals surface area contributed by atoms with Gasteiger partial charge in [0, 0.05) is 0 Å². The van der Waals surface area contributed by atoms with E-state index in [9.17, 15) is 0 Å². The molecule has 0 aliphatic carbocycles. The van der Waals surface area contributed by atoms with Crippen molar-refractivity contribution in [2.24, 2.45) is 0 Å². The molecule has 0 amide bonds. The SMILES string of the molecule is C=C.C=C/C=C\C(C)=C(\C=C)C(=C)C.CC.CC.CC. The van der Waals surface area contributed by atoms with Crippen molar-refractivity contribution in [3.8, 4) is 0 Å². The molecule has 0 bridgehead atoms. The van der Waals surface area contributed by atoms with Gasteiger partial charge in [0.15, 0.2) is 0 Å². The average Bonchev–Trinajstić information content (AvgIpc) is 2.53. The van der Waals surface area contributed by atoms with Gasteiger partial charge in [-0.1, -0.05) is 91.2 Å². The van der Waals surface area contributed by atoms with Gasteiger partial charge in [-0.05, 0) is 25.0 Å². The Bertz CT molecular complexity index is 262. The maximum atomic E-state index is 3.87. The van der Waals surface area contributed by atoms with Gasteiger partial charge in [-0.15, -0.1) is 13.2 Å².